The molecule has 0 bridgehead atoms. The lowest BCUT2D eigenvalue weighted by Crippen LogP contribution is -2.46. The van der Waals surface area contributed by atoms with Gasteiger partial charge in [-0.15, -0.1) is 0 Å². The zero-order valence-corrected chi connectivity index (χ0v) is 17.5. The number of carbonyl (C=O) groups excluding carboxylic acids is 2. The molecule has 1 saturated heterocycles. The van der Waals surface area contributed by atoms with Gasteiger partial charge < -0.3 is 4.90 Å². The third-order valence-corrected chi connectivity index (χ3v) is 6.31. The molecule has 1 spiro atoms. The first-order chi connectivity index (χ1) is 14.6. The minimum Gasteiger partial charge on any atom is -0.312 e. The van der Waals surface area contributed by atoms with Crippen LogP contribution in [0.2, 0.25) is 0 Å². The van der Waals surface area contributed by atoms with Crippen molar-refractivity contribution in [2.75, 3.05) is 11.4 Å². The summed E-state index contributed by atoms with van der Waals surface area (Å²) in [5.74, 6) is -1.95. The lowest BCUT2D eigenvalue weighted by atomic mass is 9.63. The summed E-state index contributed by atoms with van der Waals surface area (Å²) in [6.45, 7) is 3.40. The van der Waals surface area contributed by atoms with E-state index in [2.05, 4.69) is 9.97 Å². The van der Waals surface area contributed by atoms with E-state index in [0.717, 1.165) is 18.2 Å². The van der Waals surface area contributed by atoms with Crippen LogP contribution in [0.5, 0.6) is 0 Å². The Bertz CT molecular complexity index is 1020. The first-order valence-electron chi connectivity index (χ1n) is 10.4. The Balaban J connectivity index is 1.56. The van der Waals surface area contributed by atoms with E-state index in [1.54, 1.807) is 6.92 Å². The van der Waals surface area contributed by atoms with Gasteiger partial charge in [0, 0.05) is 30.9 Å². The van der Waals surface area contributed by atoms with Crippen molar-refractivity contribution < 1.29 is 22.8 Å². The van der Waals surface area contributed by atoms with Crippen LogP contribution in [0.25, 0.3) is 0 Å². The van der Waals surface area contributed by atoms with Gasteiger partial charge in [-0.25, -0.2) is 23.1 Å². The van der Waals surface area contributed by atoms with E-state index in [0.29, 0.717) is 18.7 Å². The molecule has 1 aliphatic heterocycles. The highest BCUT2D eigenvalue weighted by atomic mass is 19.1. The zero-order chi connectivity index (χ0) is 22.4. The summed E-state index contributed by atoms with van der Waals surface area (Å²) in [6, 6.07) is 4.49. The topological polar surface area (TPSA) is 63.2 Å². The molecule has 5 nitrogen and oxygen atoms in total. The second-order valence-electron chi connectivity index (χ2n) is 9.10. The van der Waals surface area contributed by atoms with Crippen LogP contribution in [0.1, 0.15) is 55.3 Å². The molecule has 1 saturated carbocycles. The molecule has 1 aromatic carbocycles. The highest BCUT2D eigenvalue weighted by Crippen LogP contribution is 2.53. The first-order valence-corrected chi connectivity index (χ1v) is 10.4. The number of amides is 1. The van der Waals surface area contributed by atoms with Crippen molar-refractivity contribution in [2.45, 2.75) is 51.6 Å². The van der Waals surface area contributed by atoms with Crippen molar-refractivity contribution in [3.8, 4) is 0 Å². The Labute approximate surface area is 178 Å². The van der Waals surface area contributed by atoms with E-state index in [9.17, 15) is 18.4 Å². The third-order valence-electron chi connectivity index (χ3n) is 6.31. The van der Waals surface area contributed by atoms with Gasteiger partial charge in [-0.2, -0.15) is 0 Å². The van der Waals surface area contributed by atoms with Crippen LogP contribution >= 0.6 is 0 Å². The van der Waals surface area contributed by atoms with Crippen LogP contribution in [0.4, 0.5) is 18.9 Å². The summed E-state index contributed by atoms with van der Waals surface area (Å²) in [5, 5.41) is 0. The maximum absolute atomic E-state index is 15.3. The summed E-state index contributed by atoms with van der Waals surface area (Å²) in [4.78, 5) is 35.5. The largest absolute Gasteiger partial charge is 0.312 e. The number of hydrogen-bond donors (Lipinski definition) is 0. The second-order valence-corrected chi connectivity index (χ2v) is 9.10. The van der Waals surface area contributed by atoms with Crippen molar-refractivity contribution in [3.63, 3.8) is 0 Å². The maximum atomic E-state index is 15.3. The smallest absolute Gasteiger partial charge is 0.233 e. The molecular weight excluding hydrogens is 407 g/mol. The van der Waals surface area contributed by atoms with Gasteiger partial charge in [-0.1, -0.05) is 0 Å². The number of halogens is 3. The Hall–Kier alpha value is -2.77. The fraction of sp³-hybridized carbons (Fsp3) is 0.478. The van der Waals surface area contributed by atoms with Gasteiger partial charge in [0.1, 0.15) is 28.8 Å². The van der Waals surface area contributed by atoms with Gasteiger partial charge >= 0.3 is 0 Å². The maximum Gasteiger partial charge on any atom is 0.233 e. The average molecular weight is 431 g/mol. The van der Waals surface area contributed by atoms with Gasteiger partial charge in [0.05, 0.1) is 5.41 Å². The Morgan fingerprint density at radius 2 is 1.94 bits per heavy atom. The van der Waals surface area contributed by atoms with Crippen molar-refractivity contribution in [3.05, 3.63) is 53.6 Å². The highest BCUT2D eigenvalue weighted by molar-refractivity contribution is 6.00. The minimum absolute atomic E-state index is 0.0322. The third kappa shape index (κ3) is 4.34. The molecule has 1 amide bonds. The van der Waals surface area contributed by atoms with Crippen LogP contribution < -0.4 is 4.90 Å². The number of aryl methyl sites for hydroxylation is 1. The summed E-state index contributed by atoms with van der Waals surface area (Å²) in [6.07, 6.45) is 2.53. The molecule has 1 aromatic heterocycles. The Kier molecular flexibility index (Phi) is 5.35. The monoisotopic (exact) mass is 431 g/mol. The molecule has 1 aliphatic carbocycles. The molecule has 4 rings (SSSR count). The van der Waals surface area contributed by atoms with Crippen LogP contribution in [0.15, 0.2) is 30.5 Å². The van der Waals surface area contributed by atoms with E-state index < -0.39 is 22.7 Å². The summed E-state index contributed by atoms with van der Waals surface area (Å²) >= 11 is 0. The van der Waals surface area contributed by atoms with Gasteiger partial charge in [-0.05, 0) is 63.6 Å². The van der Waals surface area contributed by atoms with Gasteiger partial charge in [0.2, 0.25) is 5.91 Å². The van der Waals surface area contributed by atoms with Crippen LogP contribution in [0.3, 0.4) is 0 Å². The molecule has 0 radical (unpaired) electrons. The number of carbonyl (C=O) groups is 2. The summed E-state index contributed by atoms with van der Waals surface area (Å²) in [5.41, 5.74) is -2.20. The second kappa shape index (κ2) is 7.73. The summed E-state index contributed by atoms with van der Waals surface area (Å²) < 4.78 is 42.7. The molecule has 2 heterocycles. The number of ketones is 1. The predicted octanol–water partition coefficient (Wildman–Crippen LogP) is 4.59. The number of hydrogen-bond acceptors (Lipinski definition) is 4. The normalized spacial score (nSPS) is 28.4. The molecule has 8 heteroatoms. The van der Waals surface area contributed by atoms with Crippen LogP contribution in [-0.2, 0) is 4.79 Å². The van der Waals surface area contributed by atoms with E-state index in [-0.39, 0.29) is 54.8 Å². The molecule has 2 aliphatic rings. The number of rotatable bonds is 4. The number of benzene rings is 1. The number of nitrogens with zero attached hydrogens (tertiary/aromatic N) is 3. The Morgan fingerprint density at radius 1 is 1.23 bits per heavy atom. The quantitative estimate of drug-likeness (QED) is 0.665. The van der Waals surface area contributed by atoms with E-state index in [4.69, 9.17) is 0 Å². The van der Waals surface area contributed by atoms with Crippen molar-refractivity contribution in [2.24, 2.45) is 11.3 Å². The summed E-state index contributed by atoms with van der Waals surface area (Å²) in [7, 11) is 0. The molecule has 3 unspecified atom stereocenters. The molecular formula is C23H24F3N3O2. The first kappa shape index (κ1) is 21.5. The standard InChI is InChI=1S/C23H24F3N3O2/c1-14-27-5-3-19(28-14)20(30)7-15-11-22(2,26)13-23(12-15)4-6-29(21(23)31)18-9-16(24)8-17(25)10-18/h3,5,8-10,15H,4,6-7,11-13H2,1-2H3. The number of aromatic nitrogens is 2. The number of Topliss-reactive ketones (excluding diaryl/α,β-unsaturated/α-hetero) is 1. The fourth-order valence-corrected chi connectivity index (χ4v) is 5.31. The Morgan fingerprint density at radius 3 is 2.61 bits per heavy atom. The molecule has 3 atom stereocenters. The average Bonchev–Trinajstić information content (AvgIpc) is 2.95. The van der Waals surface area contributed by atoms with E-state index in [1.165, 1.54) is 24.1 Å². The van der Waals surface area contributed by atoms with Gasteiger partial charge in [-0.3, -0.25) is 9.59 Å². The molecule has 0 N–H and O–H groups in total. The molecule has 2 aromatic rings. The van der Waals surface area contributed by atoms with Gasteiger partial charge in [0.15, 0.2) is 5.78 Å². The lowest BCUT2D eigenvalue weighted by Gasteiger charge is -2.43. The number of alkyl halides is 1. The minimum atomic E-state index is -1.62. The molecule has 2 fully saturated rings. The van der Waals surface area contributed by atoms with Gasteiger partial charge in [0.25, 0.3) is 0 Å². The van der Waals surface area contributed by atoms with Crippen molar-refractivity contribution in [1.29, 1.82) is 0 Å². The fourth-order valence-electron chi connectivity index (χ4n) is 5.31. The zero-order valence-electron chi connectivity index (χ0n) is 17.5. The van der Waals surface area contributed by atoms with E-state index >= 15 is 4.39 Å². The molecule has 164 valence electrons. The van der Waals surface area contributed by atoms with E-state index in [1.807, 2.05) is 0 Å². The lowest BCUT2D eigenvalue weighted by molar-refractivity contribution is -0.132. The highest BCUT2D eigenvalue weighted by Gasteiger charge is 2.55. The molecule has 31 heavy (non-hydrogen) atoms. The van der Waals surface area contributed by atoms with Crippen LogP contribution in [-0.4, -0.2) is 33.9 Å². The van der Waals surface area contributed by atoms with Crippen molar-refractivity contribution >= 4 is 17.4 Å². The SMILES string of the molecule is Cc1nccc(C(=O)CC2CC(C)(F)CC3(CCN(c4cc(F)cc(F)c4)C3=O)C2)n1. The van der Waals surface area contributed by atoms with Crippen molar-refractivity contribution in [1.82, 2.24) is 9.97 Å². The predicted molar refractivity (Wildman–Crippen MR) is 108 cm³/mol. The van der Waals surface area contributed by atoms with Crippen LogP contribution in [0, 0.1) is 29.9 Å². The number of anilines is 1.